The molecule has 1 atom stereocenters. The van der Waals surface area contributed by atoms with Crippen molar-refractivity contribution < 1.29 is 9.32 Å². The maximum absolute atomic E-state index is 12.8. The molecule has 24 heavy (non-hydrogen) atoms. The van der Waals surface area contributed by atoms with Crippen LogP contribution < -0.4 is 5.32 Å². The Kier molecular flexibility index (Phi) is 5.23. The van der Waals surface area contributed by atoms with Gasteiger partial charge in [-0.1, -0.05) is 59.2 Å². The first kappa shape index (κ1) is 16.6. The first-order valence-electron chi connectivity index (χ1n) is 7.34. The van der Waals surface area contributed by atoms with E-state index in [1.165, 1.54) is 11.8 Å². The van der Waals surface area contributed by atoms with E-state index in [1.54, 1.807) is 13.0 Å². The fraction of sp³-hybridized carbons (Fsp3) is 0.111. The van der Waals surface area contributed by atoms with E-state index in [0.717, 1.165) is 10.5 Å². The summed E-state index contributed by atoms with van der Waals surface area (Å²) in [5, 5.41) is 6.77. The molecule has 1 amide bonds. The van der Waals surface area contributed by atoms with Crippen LogP contribution in [0.5, 0.6) is 0 Å². The third kappa shape index (κ3) is 3.99. The molecule has 0 fully saturated rings. The molecular weight excluding hydrogens is 344 g/mol. The van der Waals surface area contributed by atoms with Crippen molar-refractivity contribution in [3.05, 3.63) is 77.0 Å². The van der Waals surface area contributed by atoms with Crippen molar-refractivity contribution in [2.75, 3.05) is 5.32 Å². The summed E-state index contributed by atoms with van der Waals surface area (Å²) in [7, 11) is 0. The lowest BCUT2D eigenvalue weighted by Crippen LogP contribution is -2.19. The number of rotatable bonds is 5. The molecule has 3 aromatic rings. The Morgan fingerprint density at radius 2 is 1.88 bits per heavy atom. The van der Waals surface area contributed by atoms with Crippen molar-refractivity contribution in [3.63, 3.8) is 0 Å². The number of hydrogen-bond acceptors (Lipinski definition) is 4. The van der Waals surface area contributed by atoms with Gasteiger partial charge in [0, 0.05) is 11.0 Å². The Labute approximate surface area is 149 Å². The van der Waals surface area contributed by atoms with Crippen LogP contribution in [0.4, 0.5) is 5.82 Å². The Balaban J connectivity index is 1.87. The first-order chi connectivity index (χ1) is 11.6. The van der Waals surface area contributed by atoms with Crippen LogP contribution in [0, 0.1) is 6.92 Å². The normalized spacial score (nSPS) is 11.9. The lowest BCUT2D eigenvalue weighted by Gasteiger charge is -2.16. The number of benzene rings is 2. The standard InChI is InChI=1S/C18H15ClN2O2S/c1-12-11-16(21-23-12)20-18(22)17(13-7-3-2-4-8-13)24-15-10-6-5-9-14(15)19/h2-11,17H,1H3,(H,20,21,22). The van der Waals surface area contributed by atoms with E-state index >= 15 is 0 Å². The van der Waals surface area contributed by atoms with Gasteiger partial charge in [-0.15, -0.1) is 11.8 Å². The molecule has 6 heteroatoms. The molecule has 1 aromatic heterocycles. The largest absolute Gasteiger partial charge is 0.360 e. The molecule has 0 aliphatic carbocycles. The van der Waals surface area contributed by atoms with Crippen LogP contribution >= 0.6 is 23.4 Å². The quantitative estimate of drug-likeness (QED) is 0.644. The number of aromatic nitrogens is 1. The topological polar surface area (TPSA) is 55.1 Å². The van der Waals surface area contributed by atoms with Crippen LogP contribution in [0.3, 0.4) is 0 Å². The summed E-state index contributed by atoms with van der Waals surface area (Å²) in [5.41, 5.74) is 0.889. The molecule has 122 valence electrons. The van der Waals surface area contributed by atoms with Crippen molar-refractivity contribution in [2.24, 2.45) is 0 Å². The molecule has 0 aliphatic rings. The third-order valence-corrected chi connectivity index (χ3v) is 5.07. The molecule has 0 saturated heterocycles. The smallest absolute Gasteiger partial charge is 0.243 e. The van der Waals surface area contributed by atoms with Gasteiger partial charge in [-0.25, -0.2) is 0 Å². The Morgan fingerprint density at radius 1 is 1.17 bits per heavy atom. The molecule has 0 bridgehead atoms. The summed E-state index contributed by atoms with van der Waals surface area (Å²) in [5.74, 6) is 0.859. The highest BCUT2D eigenvalue weighted by Gasteiger charge is 2.23. The number of thioether (sulfide) groups is 1. The monoisotopic (exact) mass is 358 g/mol. The van der Waals surface area contributed by atoms with Crippen LogP contribution in [0.2, 0.25) is 5.02 Å². The van der Waals surface area contributed by atoms with Crippen molar-refractivity contribution in [2.45, 2.75) is 17.1 Å². The molecule has 0 aliphatic heterocycles. The van der Waals surface area contributed by atoms with Crippen molar-refractivity contribution in [1.29, 1.82) is 0 Å². The number of halogens is 1. The highest BCUT2D eigenvalue weighted by molar-refractivity contribution is 8.00. The number of anilines is 1. The van der Waals surface area contributed by atoms with Gasteiger partial charge in [0.15, 0.2) is 5.82 Å². The van der Waals surface area contributed by atoms with Gasteiger partial charge < -0.3 is 9.84 Å². The van der Waals surface area contributed by atoms with Gasteiger partial charge in [0.25, 0.3) is 0 Å². The average molecular weight is 359 g/mol. The van der Waals surface area contributed by atoms with Crippen molar-refractivity contribution in [3.8, 4) is 0 Å². The van der Waals surface area contributed by atoms with E-state index in [0.29, 0.717) is 16.6 Å². The second-order valence-corrected chi connectivity index (χ2v) is 6.71. The zero-order chi connectivity index (χ0) is 16.9. The molecule has 4 nitrogen and oxygen atoms in total. The second-order valence-electron chi connectivity index (χ2n) is 5.15. The maximum atomic E-state index is 12.8. The SMILES string of the molecule is Cc1cc(NC(=O)C(Sc2ccccc2Cl)c2ccccc2)no1. The Bertz CT molecular complexity index is 836. The summed E-state index contributed by atoms with van der Waals surface area (Å²) in [6.45, 7) is 1.77. The average Bonchev–Trinajstić information content (AvgIpc) is 2.99. The lowest BCUT2D eigenvalue weighted by atomic mass is 10.1. The van der Waals surface area contributed by atoms with Crippen molar-refractivity contribution in [1.82, 2.24) is 5.16 Å². The van der Waals surface area contributed by atoms with Gasteiger partial charge in [0.1, 0.15) is 11.0 Å². The fourth-order valence-corrected chi connectivity index (χ4v) is 3.51. The van der Waals surface area contributed by atoms with Crippen LogP contribution in [-0.2, 0) is 4.79 Å². The van der Waals surface area contributed by atoms with E-state index < -0.39 is 5.25 Å². The summed E-state index contributed by atoms with van der Waals surface area (Å²) < 4.78 is 5.00. The van der Waals surface area contributed by atoms with Gasteiger partial charge >= 0.3 is 0 Å². The molecule has 3 rings (SSSR count). The summed E-state index contributed by atoms with van der Waals surface area (Å²) >= 11 is 7.64. The summed E-state index contributed by atoms with van der Waals surface area (Å²) in [6.07, 6.45) is 0. The van der Waals surface area contributed by atoms with Crippen molar-refractivity contribution >= 4 is 35.1 Å². The van der Waals surface area contributed by atoms with E-state index in [1.807, 2.05) is 54.6 Å². The lowest BCUT2D eigenvalue weighted by molar-refractivity contribution is -0.115. The predicted molar refractivity (Wildman–Crippen MR) is 96.4 cm³/mol. The number of nitrogens with one attached hydrogen (secondary N) is 1. The van der Waals surface area contributed by atoms with Gasteiger partial charge in [0.05, 0.1) is 5.02 Å². The highest BCUT2D eigenvalue weighted by atomic mass is 35.5. The minimum Gasteiger partial charge on any atom is -0.360 e. The minimum atomic E-state index is -0.455. The fourth-order valence-electron chi connectivity index (χ4n) is 2.19. The Hall–Kier alpha value is -2.24. The zero-order valence-electron chi connectivity index (χ0n) is 12.9. The number of hydrogen-bond donors (Lipinski definition) is 1. The molecular formula is C18H15ClN2O2S. The number of carbonyl (C=O) groups is 1. The molecule has 1 N–H and O–H groups in total. The van der Waals surface area contributed by atoms with Gasteiger partial charge in [-0.3, -0.25) is 4.79 Å². The van der Waals surface area contributed by atoms with Crippen LogP contribution in [0.25, 0.3) is 0 Å². The number of amides is 1. The van der Waals surface area contributed by atoms with E-state index in [-0.39, 0.29) is 5.91 Å². The molecule has 0 radical (unpaired) electrons. The van der Waals surface area contributed by atoms with Crippen LogP contribution in [-0.4, -0.2) is 11.1 Å². The van der Waals surface area contributed by atoms with E-state index in [9.17, 15) is 4.79 Å². The zero-order valence-corrected chi connectivity index (χ0v) is 14.5. The summed E-state index contributed by atoms with van der Waals surface area (Å²) in [4.78, 5) is 13.6. The minimum absolute atomic E-state index is 0.181. The molecule has 2 aromatic carbocycles. The van der Waals surface area contributed by atoms with Gasteiger partial charge in [-0.05, 0) is 24.6 Å². The first-order valence-corrected chi connectivity index (χ1v) is 8.59. The van der Waals surface area contributed by atoms with E-state index in [2.05, 4.69) is 10.5 Å². The molecule has 0 saturated carbocycles. The molecule has 0 spiro atoms. The number of carbonyl (C=O) groups excluding carboxylic acids is 1. The Morgan fingerprint density at radius 3 is 2.54 bits per heavy atom. The highest BCUT2D eigenvalue weighted by Crippen LogP contribution is 2.39. The van der Waals surface area contributed by atoms with Crippen LogP contribution in [0.15, 0.2) is 70.1 Å². The third-order valence-electron chi connectivity index (χ3n) is 3.30. The van der Waals surface area contributed by atoms with Gasteiger partial charge in [0.2, 0.25) is 5.91 Å². The number of aryl methyl sites for hydroxylation is 1. The molecule has 1 unspecified atom stereocenters. The molecule has 1 heterocycles. The number of nitrogens with zero attached hydrogens (tertiary/aromatic N) is 1. The van der Waals surface area contributed by atoms with Gasteiger partial charge in [-0.2, -0.15) is 0 Å². The van der Waals surface area contributed by atoms with Crippen LogP contribution in [0.1, 0.15) is 16.6 Å². The van der Waals surface area contributed by atoms with E-state index in [4.69, 9.17) is 16.1 Å². The second kappa shape index (κ2) is 7.55. The maximum Gasteiger partial charge on any atom is 0.243 e. The predicted octanol–water partition coefficient (Wildman–Crippen LogP) is 5.11. The summed E-state index contributed by atoms with van der Waals surface area (Å²) in [6, 6.07) is 18.7.